The van der Waals surface area contributed by atoms with Crippen LogP contribution in [0.1, 0.15) is 11.1 Å². The summed E-state index contributed by atoms with van der Waals surface area (Å²) in [7, 11) is 1.55. The quantitative estimate of drug-likeness (QED) is 0.536. The number of benzene rings is 2. The van der Waals surface area contributed by atoms with Crippen LogP contribution in [0.3, 0.4) is 0 Å². The molecule has 0 saturated heterocycles. The minimum atomic E-state index is -0.482. The van der Waals surface area contributed by atoms with Crippen LogP contribution in [0.15, 0.2) is 42.5 Å². The Morgan fingerprint density at radius 1 is 1.23 bits per heavy atom. The molecule has 22 heavy (non-hydrogen) atoms. The second-order valence-electron chi connectivity index (χ2n) is 4.74. The van der Waals surface area contributed by atoms with Gasteiger partial charge in [0.25, 0.3) is 11.6 Å². The highest BCUT2D eigenvalue weighted by molar-refractivity contribution is 6.35. The van der Waals surface area contributed by atoms with Gasteiger partial charge in [-0.15, -0.1) is 0 Å². The molecule has 0 unspecified atom stereocenters. The number of non-ortho nitro benzene ring substituents is 1. The molecular formula is C16H12N2O4. The third-order valence-electron chi connectivity index (χ3n) is 3.44. The molecule has 1 N–H and O–H groups in total. The molecule has 2 aromatic rings. The average molecular weight is 296 g/mol. The van der Waals surface area contributed by atoms with E-state index in [0.29, 0.717) is 22.6 Å². The van der Waals surface area contributed by atoms with E-state index < -0.39 is 4.92 Å². The molecule has 0 spiro atoms. The number of ether oxygens (including phenoxy) is 1. The standard InChI is InChI=1S/C16H12N2O4/c1-22-15-5-3-2-4-10(15)8-13-12-9-11(18(20)21)6-7-14(12)17-16(13)19/h2-9H,1H3,(H,17,19). The maximum absolute atomic E-state index is 12.1. The number of anilines is 1. The number of carbonyl (C=O) groups excluding carboxylic acids is 1. The van der Waals surface area contributed by atoms with Crippen molar-refractivity contribution in [2.24, 2.45) is 0 Å². The smallest absolute Gasteiger partial charge is 0.270 e. The monoisotopic (exact) mass is 296 g/mol. The third-order valence-corrected chi connectivity index (χ3v) is 3.44. The zero-order chi connectivity index (χ0) is 15.7. The maximum Gasteiger partial charge on any atom is 0.270 e. The van der Waals surface area contributed by atoms with Crippen molar-refractivity contribution in [3.05, 3.63) is 63.7 Å². The molecule has 0 saturated carbocycles. The third kappa shape index (κ3) is 2.31. The molecule has 6 nitrogen and oxygen atoms in total. The van der Waals surface area contributed by atoms with E-state index in [4.69, 9.17) is 4.74 Å². The number of nitro groups is 1. The topological polar surface area (TPSA) is 81.5 Å². The first-order valence-electron chi connectivity index (χ1n) is 6.55. The van der Waals surface area contributed by atoms with E-state index in [1.165, 1.54) is 18.2 Å². The van der Waals surface area contributed by atoms with Crippen LogP contribution >= 0.6 is 0 Å². The largest absolute Gasteiger partial charge is 0.496 e. The molecule has 1 amide bonds. The van der Waals surface area contributed by atoms with Gasteiger partial charge in [-0.25, -0.2) is 0 Å². The summed E-state index contributed by atoms with van der Waals surface area (Å²) in [6.07, 6.45) is 1.67. The predicted octanol–water partition coefficient (Wildman–Crippen LogP) is 3.10. The second kappa shape index (κ2) is 5.33. The number of rotatable bonds is 3. The van der Waals surface area contributed by atoms with E-state index in [0.717, 1.165) is 5.56 Å². The Bertz CT molecular complexity index is 812. The van der Waals surface area contributed by atoms with Crippen LogP contribution in [0, 0.1) is 10.1 Å². The van der Waals surface area contributed by atoms with Crippen LogP contribution in [0.25, 0.3) is 11.6 Å². The number of hydrogen-bond donors (Lipinski definition) is 1. The van der Waals surface area contributed by atoms with Crippen molar-refractivity contribution in [1.29, 1.82) is 0 Å². The number of carbonyl (C=O) groups is 1. The van der Waals surface area contributed by atoms with Crippen LogP contribution in [0.5, 0.6) is 5.75 Å². The van der Waals surface area contributed by atoms with Crippen LogP contribution in [0.2, 0.25) is 0 Å². The second-order valence-corrected chi connectivity index (χ2v) is 4.74. The van der Waals surface area contributed by atoms with Crippen LogP contribution in [-0.4, -0.2) is 17.9 Å². The zero-order valence-electron chi connectivity index (χ0n) is 11.7. The van der Waals surface area contributed by atoms with Gasteiger partial charge in [0, 0.05) is 34.5 Å². The van der Waals surface area contributed by atoms with Crippen LogP contribution in [-0.2, 0) is 4.79 Å². The number of methoxy groups -OCH3 is 1. The summed E-state index contributed by atoms with van der Waals surface area (Å²) in [6, 6.07) is 11.6. The highest BCUT2D eigenvalue weighted by atomic mass is 16.6. The lowest BCUT2D eigenvalue weighted by atomic mass is 10.0. The Kier molecular flexibility index (Phi) is 3.34. The van der Waals surface area contributed by atoms with E-state index in [1.54, 1.807) is 19.3 Å². The van der Waals surface area contributed by atoms with Gasteiger partial charge in [-0.1, -0.05) is 18.2 Å². The molecule has 110 valence electrons. The summed E-state index contributed by atoms with van der Waals surface area (Å²) in [5.74, 6) is 0.336. The van der Waals surface area contributed by atoms with E-state index in [2.05, 4.69) is 5.32 Å². The molecule has 1 aliphatic rings. The minimum Gasteiger partial charge on any atom is -0.496 e. The normalized spacial score (nSPS) is 14.6. The van der Waals surface area contributed by atoms with Crippen molar-refractivity contribution >= 4 is 28.9 Å². The molecule has 1 aliphatic heterocycles. The molecule has 6 heteroatoms. The van der Waals surface area contributed by atoms with Gasteiger partial charge in [0.1, 0.15) is 5.75 Å². The summed E-state index contributed by atoms with van der Waals surface area (Å²) in [6.45, 7) is 0. The fourth-order valence-corrected chi connectivity index (χ4v) is 2.37. The number of fused-ring (bicyclic) bond motifs is 1. The zero-order valence-corrected chi connectivity index (χ0v) is 11.7. The van der Waals surface area contributed by atoms with Crippen molar-refractivity contribution in [2.45, 2.75) is 0 Å². The fourth-order valence-electron chi connectivity index (χ4n) is 2.37. The van der Waals surface area contributed by atoms with Gasteiger partial charge in [-0.3, -0.25) is 14.9 Å². The Balaban J connectivity index is 2.13. The molecule has 0 aromatic heterocycles. The number of para-hydroxylation sites is 1. The van der Waals surface area contributed by atoms with Gasteiger partial charge in [0.05, 0.1) is 12.0 Å². The van der Waals surface area contributed by atoms with Crippen molar-refractivity contribution in [2.75, 3.05) is 12.4 Å². The van der Waals surface area contributed by atoms with Crippen molar-refractivity contribution in [3.8, 4) is 5.75 Å². The SMILES string of the molecule is COc1ccccc1C=C1C(=O)Nc2ccc([N+](=O)[O-])cc21. The van der Waals surface area contributed by atoms with Gasteiger partial charge in [0.15, 0.2) is 0 Å². The molecule has 2 aromatic carbocycles. The first kappa shape index (κ1) is 13.8. The Morgan fingerprint density at radius 2 is 2.00 bits per heavy atom. The molecule has 0 radical (unpaired) electrons. The number of nitrogens with one attached hydrogen (secondary N) is 1. The average Bonchev–Trinajstić information content (AvgIpc) is 2.83. The van der Waals surface area contributed by atoms with Crippen LogP contribution < -0.4 is 10.1 Å². The Morgan fingerprint density at radius 3 is 2.73 bits per heavy atom. The summed E-state index contributed by atoms with van der Waals surface area (Å²) < 4.78 is 5.26. The van der Waals surface area contributed by atoms with Gasteiger partial charge in [0.2, 0.25) is 0 Å². The van der Waals surface area contributed by atoms with Crippen molar-refractivity contribution < 1.29 is 14.5 Å². The fraction of sp³-hybridized carbons (Fsp3) is 0.0625. The number of nitro benzene ring substituents is 1. The van der Waals surface area contributed by atoms with E-state index in [-0.39, 0.29) is 11.6 Å². The first-order valence-corrected chi connectivity index (χ1v) is 6.55. The van der Waals surface area contributed by atoms with Gasteiger partial charge >= 0.3 is 0 Å². The molecular weight excluding hydrogens is 284 g/mol. The Hall–Kier alpha value is -3.15. The number of nitrogens with zero attached hydrogens (tertiary/aromatic N) is 1. The van der Waals surface area contributed by atoms with Crippen molar-refractivity contribution in [1.82, 2.24) is 0 Å². The molecule has 0 aliphatic carbocycles. The maximum atomic E-state index is 12.1. The summed E-state index contributed by atoms with van der Waals surface area (Å²) >= 11 is 0. The molecule has 0 bridgehead atoms. The van der Waals surface area contributed by atoms with Gasteiger partial charge in [-0.05, 0) is 18.2 Å². The summed E-state index contributed by atoms with van der Waals surface area (Å²) in [4.78, 5) is 22.6. The lowest BCUT2D eigenvalue weighted by Gasteiger charge is -2.05. The molecule has 3 rings (SSSR count). The summed E-state index contributed by atoms with van der Waals surface area (Å²) in [5, 5.41) is 13.6. The summed E-state index contributed by atoms with van der Waals surface area (Å²) in [5.41, 5.74) is 2.14. The minimum absolute atomic E-state index is 0.0545. The van der Waals surface area contributed by atoms with Gasteiger partial charge < -0.3 is 10.1 Å². The molecule has 1 heterocycles. The van der Waals surface area contributed by atoms with E-state index in [9.17, 15) is 14.9 Å². The lowest BCUT2D eigenvalue weighted by molar-refractivity contribution is -0.384. The Labute approximate surface area is 126 Å². The molecule has 0 fully saturated rings. The predicted molar refractivity (Wildman–Crippen MR) is 82.6 cm³/mol. The van der Waals surface area contributed by atoms with Gasteiger partial charge in [-0.2, -0.15) is 0 Å². The van der Waals surface area contributed by atoms with E-state index >= 15 is 0 Å². The lowest BCUT2D eigenvalue weighted by Crippen LogP contribution is -2.03. The highest BCUT2D eigenvalue weighted by Crippen LogP contribution is 2.36. The van der Waals surface area contributed by atoms with E-state index in [1.807, 2.05) is 18.2 Å². The highest BCUT2D eigenvalue weighted by Gasteiger charge is 2.26. The first-order chi connectivity index (χ1) is 10.6. The number of hydrogen-bond acceptors (Lipinski definition) is 4. The number of amides is 1. The van der Waals surface area contributed by atoms with Crippen LogP contribution in [0.4, 0.5) is 11.4 Å². The van der Waals surface area contributed by atoms with Crippen molar-refractivity contribution in [3.63, 3.8) is 0 Å². The molecule has 0 atom stereocenters.